The molecule has 0 aliphatic carbocycles. The molecule has 0 spiro atoms. The van der Waals surface area contributed by atoms with Crippen molar-refractivity contribution in [3.63, 3.8) is 0 Å². The van der Waals surface area contributed by atoms with Crippen LogP contribution >= 0.6 is 0 Å². The van der Waals surface area contributed by atoms with E-state index in [-0.39, 0.29) is 22.3 Å². The summed E-state index contributed by atoms with van der Waals surface area (Å²) in [7, 11) is 0. The van der Waals surface area contributed by atoms with Crippen LogP contribution in [0.15, 0.2) is 24.7 Å². The number of halogens is 3. The maximum absolute atomic E-state index is 12.9. The lowest BCUT2D eigenvalue weighted by atomic mass is 10.1. The number of H-pyrrole nitrogens is 1. The lowest BCUT2D eigenvalue weighted by molar-refractivity contribution is -0.137. The monoisotopic (exact) mass is 332 g/mol. The van der Waals surface area contributed by atoms with E-state index in [1.54, 1.807) is 0 Å². The average molecular weight is 332 g/mol. The molecule has 9 heteroatoms. The summed E-state index contributed by atoms with van der Waals surface area (Å²) in [6, 6.07) is 2.94. The second-order valence-electron chi connectivity index (χ2n) is 4.92. The van der Waals surface area contributed by atoms with Gasteiger partial charge in [0.25, 0.3) is 0 Å². The van der Waals surface area contributed by atoms with E-state index in [2.05, 4.69) is 25.3 Å². The number of aromatic nitrogens is 4. The topological polar surface area (TPSA) is 90.3 Å². The lowest BCUT2D eigenvalue weighted by Gasteiger charge is -2.08. The fourth-order valence-electron chi connectivity index (χ4n) is 2.27. The van der Waals surface area contributed by atoms with Crippen LogP contribution in [0, 0.1) is 11.3 Å². The highest BCUT2D eigenvalue weighted by atomic mass is 19.4. The van der Waals surface area contributed by atoms with Crippen LogP contribution in [0.5, 0.6) is 0 Å². The van der Waals surface area contributed by atoms with Crippen LogP contribution < -0.4 is 5.32 Å². The highest BCUT2D eigenvalue weighted by Gasteiger charge is 2.31. The zero-order chi connectivity index (χ0) is 17.3. The third kappa shape index (κ3) is 2.74. The Morgan fingerprint density at radius 3 is 2.75 bits per heavy atom. The van der Waals surface area contributed by atoms with Gasteiger partial charge in [0.1, 0.15) is 11.7 Å². The molecular formula is C15H11F3N6. The highest BCUT2D eigenvalue weighted by Crippen LogP contribution is 2.34. The predicted molar refractivity (Wildman–Crippen MR) is 81.0 cm³/mol. The molecule has 0 aliphatic rings. The molecule has 0 aliphatic heterocycles. The van der Waals surface area contributed by atoms with Gasteiger partial charge in [-0.2, -0.15) is 18.4 Å². The molecule has 3 aromatic heterocycles. The van der Waals surface area contributed by atoms with Gasteiger partial charge in [0.05, 0.1) is 23.0 Å². The van der Waals surface area contributed by atoms with Crippen LogP contribution in [0.3, 0.4) is 0 Å². The number of anilines is 1. The van der Waals surface area contributed by atoms with Gasteiger partial charge in [-0.05, 0) is 13.0 Å². The maximum atomic E-state index is 12.9. The zero-order valence-corrected chi connectivity index (χ0v) is 12.4. The van der Waals surface area contributed by atoms with Gasteiger partial charge in [0.15, 0.2) is 0 Å². The molecule has 3 rings (SSSR count). The fraction of sp³-hybridized carbons (Fsp3) is 0.200. The number of pyridine rings is 1. The molecule has 0 atom stereocenters. The fourth-order valence-corrected chi connectivity index (χ4v) is 2.27. The average Bonchev–Trinajstić information content (AvgIpc) is 2.97. The Morgan fingerprint density at radius 1 is 1.29 bits per heavy atom. The molecule has 0 aromatic carbocycles. The molecule has 3 heterocycles. The van der Waals surface area contributed by atoms with Crippen molar-refractivity contribution >= 4 is 17.0 Å². The Hall–Kier alpha value is -3.15. The van der Waals surface area contributed by atoms with Crippen LogP contribution in [0.1, 0.15) is 18.1 Å². The summed E-state index contributed by atoms with van der Waals surface area (Å²) < 4.78 is 38.8. The van der Waals surface area contributed by atoms with Crippen LogP contribution in [0.4, 0.5) is 19.1 Å². The van der Waals surface area contributed by atoms with Crippen molar-refractivity contribution in [2.24, 2.45) is 0 Å². The molecule has 0 fully saturated rings. The molecular weight excluding hydrogens is 321 g/mol. The van der Waals surface area contributed by atoms with Crippen LogP contribution in [-0.2, 0) is 6.18 Å². The number of aromatic amines is 1. The Labute approximate surface area is 134 Å². The standard InChI is InChI=1S/C15H11F3N6/c1-2-20-14-23-5-8(4-19)12(24-14)11-7-22-13-10(11)3-9(6-21-13)15(16,17)18/h3,5-7H,2H2,1H3,(H,21,22)(H,20,23,24). The number of hydrogen-bond acceptors (Lipinski definition) is 5. The summed E-state index contributed by atoms with van der Waals surface area (Å²) in [5, 5.41) is 12.4. The largest absolute Gasteiger partial charge is 0.417 e. The molecule has 0 saturated heterocycles. The number of nitrogens with one attached hydrogen (secondary N) is 2. The third-order valence-electron chi connectivity index (χ3n) is 3.36. The number of hydrogen-bond donors (Lipinski definition) is 2. The molecule has 0 saturated carbocycles. The third-order valence-corrected chi connectivity index (χ3v) is 3.36. The van der Waals surface area contributed by atoms with Crippen molar-refractivity contribution in [1.82, 2.24) is 19.9 Å². The number of rotatable bonds is 3. The van der Waals surface area contributed by atoms with Crippen LogP contribution in [0.25, 0.3) is 22.3 Å². The van der Waals surface area contributed by atoms with E-state index in [1.165, 1.54) is 12.4 Å². The van der Waals surface area contributed by atoms with E-state index in [9.17, 15) is 18.4 Å². The van der Waals surface area contributed by atoms with Gasteiger partial charge in [0.2, 0.25) is 5.95 Å². The van der Waals surface area contributed by atoms with Crippen molar-refractivity contribution in [3.05, 3.63) is 35.8 Å². The van der Waals surface area contributed by atoms with Gasteiger partial charge in [-0.3, -0.25) is 0 Å². The van der Waals surface area contributed by atoms with Gasteiger partial charge in [-0.15, -0.1) is 0 Å². The summed E-state index contributed by atoms with van der Waals surface area (Å²) in [6.07, 6.45) is -0.927. The Kier molecular flexibility index (Phi) is 3.81. The normalized spacial score (nSPS) is 11.5. The minimum Gasteiger partial charge on any atom is -0.354 e. The van der Waals surface area contributed by atoms with Gasteiger partial charge >= 0.3 is 6.18 Å². The summed E-state index contributed by atoms with van der Waals surface area (Å²) in [4.78, 5) is 14.8. The van der Waals surface area contributed by atoms with E-state index >= 15 is 0 Å². The molecule has 122 valence electrons. The SMILES string of the molecule is CCNc1ncc(C#N)c(-c2c[nH]c3ncc(C(F)(F)F)cc23)n1. The first-order chi connectivity index (χ1) is 11.4. The molecule has 0 bridgehead atoms. The van der Waals surface area contributed by atoms with Crippen LogP contribution in [0.2, 0.25) is 0 Å². The van der Waals surface area contributed by atoms with E-state index < -0.39 is 11.7 Å². The molecule has 3 aromatic rings. The van der Waals surface area contributed by atoms with Crippen molar-refractivity contribution < 1.29 is 13.2 Å². The summed E-state index contributed by atoms with van der Waals surface area (Å²) in [5.74, 6) is 0.292. The quantitative estimate of drug-likeness (QED) is 0.768. The van der Waals surface area contributed by atoms with E-state index in [0.29, 0.717) is 18.1 Å². The Balaban J connectivity index is 2.22. The maximum Gasteiger partial charge on any atom is 0.417 e. The lowest BCUT2D eigenvalue weighted by Crippen LogP contribution is -2.05. The van der Waals surface area contributed by atoms with Crippen LogP contribution in [-0.4, -0.2) is 26.5 Å². The Morgan fingerprint density at radius 2 is 2.08 bits per heavy atom. The van der Waals surface area contributed by atoms with Gasteiger partial charge < -0.3 is 10.3 Å². The summed E-state index contributed by atoms with van der Waals surface area (Å²) in [6.45, 7) is 2.42. The molecule has 6 nitrogen and oxygen atoms in total. The predicted octanol–water partition coefficient (Wildman–Crippen LogP) is 3.34. The zero-order valence-electron chi connectivity index (χ0n) is 12.4. The van der Waals surface area contributed by atoms with E-state index in [1.807, 2.05) is 13.0 Å². The van der Waals surface area contributed by atoms with Gasteiger partial charge in [0, 0.05) is 29.9 Å². The van der Waals surface area contributed by atoms with Crippen molar-refractivity contribution in [3.8, 4) is 17.3 Å². The first-order valence-corrected chi connectivity index (χ1v) is 6.99. The minimum absolute atomic E-state index is 0.162. The molecule has 24 heavy (non-hydrogen) atoms. The molecule has 2 N–H and O–H groups in total. The smallest absolute Gasteiger partial charge is 0.354 e. The van der Waals surface area contributed by atoms with Gasteiger partial charge in [-0.1, -0.05) is 0 Å². The van der Waals surface area contributed by atoms with Crippen molar-refractivity contribution in [2.75, 3.05) is 11.9 Å². The molecule has 0 radical (unpaired) electrons. The first-order valence-electron chi connectivity index (χ1n) is 6.99. The number of alkyl halides is 3. The molecule has 0 amide bonds. The second kappa shape index (κ2) is 5.81. The van der Waals surface area contributed by atoms with E-state index in [0.717, 1.165) is 12.3 Å². The Bertz CT molecular complexity index is 939. The summed E-state index contributed by atoms with van der Waals surface area (Å²) >= 11 is 0. The van der Waals surface area contributed by atoms with Crippen molar-refractivity contribution in [1.29, 1.82) is 5.26 Å². The second-order valence-corrected chi connectivity index (χ2v) is 4.92. The minimum atomic E-state index is -4.51. The number of nitriles is 1. The first kappa shape index (κ1) is 15.7. The van der Waals surface area contributed by atoms with Crippen molar-refractivity contribution in [2.45, 2.75) is 13.1 Å². The van der Waals surface area contributed by atoms with E-state index in [4.69, 9.17) is 0 Å². The number of nitrogens with zero attached hydrogens (tertiary/aromatic N) is 4. The highest BCUT2D eigenvalue weighted by molar-refractivity contribution is 5.94. The van der Waals surface area contributed by atoms with Gasteiger partial charge in [-0.25, -0.2) is 15.0 Å². The molecule has 0 unspecified atom stereocenters. The number of fused-ring (bicyclic) bond motifs is 1. The summed E-state index contributed by atoms with van der Waals surface area (Å²) in [5.41, 5.74) is 0.188.